The van der Waals surface area contributed by atoms with Crippen molar-refractivity contribution < 1.29 is 14.7 Å². The first-order valence-corrected chi connectivity index (χ1v) is 6.37. The van der Waals surface area contributed by atoms with Crippen molar-refractivity contribution in [3.8, 4) is 0 Å². The van der Waals surface area contributed by atoms with Crippen molar-refractivity contribution in [1.29, 1.82) is 0 Å². The van der Waals surface area contributed by atoms with E-state index >= 15 is 0 Å². The van der Waals surface area contributed by atoms with E-state index in [0.717, 1.165) is 16.2 Å². The van der Waals surface area contributed by atoms with Crippen molar-refractivity contribution in [2.75, 3.05) is 16.8 Å². The highest BCUT2D eigenvalue weighted by Gasteiger charge is 2.04. The van der Waals surface area contributed by atoms with Crippen molar-refractivity contribution in [3.63, 3.8) is 0 Å². The number of nitrogens with one attached hydrogen (secondary N) is 1. The van der Waals surface area contributed by atoms with Crippen LogP contribution in [0.5, 0.6) is 0 Å². The smallest absolute Gasteiger partial charge is 0.313 e. The van der Waals surface area contributed by atoms with E-state index in [9.17, 15) is 9.59 Å². The second-order valence-electron chi connectivity index (χ2n) is 2.95. The number of rotatable bonds is 5. The second-order valence-corrected chi connectivity index (χ2v) is 4.85. The number of thioether (sulfide) groups is 1. The molecule has 0 aromatic heterocycles. The summed E-state index contributed by atoms with van der Waals surface area (Å²) in [5, 5.41) is 11.1. The first kappa shape index (κ1) is 13.1. The lowest BCUT2D eigenvalue weighted by atomic mass is 10.3. The maximum atomic E-state index is 11.4. The van der Waals surface area contributed by atoms with E-state index in [1.165, 1.54) is 0 Å². The molecule has 1 rings (SSSR count). The zero-order valence-electron chi connectivity index (χ0n) is 8.27. The summed E-state index contributed by atoms with van der Waals surface area (Å²) in [6.45, 7) is 0. The van der Waals surface area contributed by atoms with E-state index in [0.29, 0.717) is 5.69 Å². The van der Waals surface area contributed by atoms with Crippen LogP contribution in [0.1, 0.15) is 0 Å². The van der Waals surface area contributed by atoms with Gasteiger partial charge in [0.1, 0.15) is 0 Å². The normalized spacial score (nSPS) is 9.81. The van der Waals surface area contributed by atoms with Crippen LogP contribution in [-0.2, 0) is 9.59 Å². The lowest BCUT2D eigenvalue weighted by Gasteiger charge is -2.04. The molecule has 2 N–H and O–H groups in total. The molecule has 0 saturated heterocycles. The van der Waals surface area contributed by atoms with Gasteiger partial charge in [-0.2, -0.15) is 0 Å². The van der Waals surface area contributed by atoms with Crippen LogP contribution >= 0.6 is 27.7 Å². The fraction of sp³-hybridized carbons (Fsp3) is 0.200. The zero-order valence-corrected chi connectivity index (χ0v) is 10.7. The molecule has 1 amide bonds. The highest BCUT2D eigenvalue weighted by atomic mass is 79.9. The summed E-state index contributed by atoms with van der Waals surface area (Å²) in [5.74, 6) is -1.05. The van der Waals surface area contributed by atoms with Crippen molar-refractivity contribution in [2.24, 2.45) is 0 Å². The van der Waals surface area contributed by atoms with Gasteiger partial charge in [-0.3, -0.25) is 9.59 Å². The highest BCUT2D eigenvalue weighted by Crippen LogP contribution is 2.15. The van der Waals surface area contributed by atoms with Crippen LogP contribution in [0.3, 0.4) is 0 Å². The Morgan fingerprint density at radius 1 is 1.38 bits per heavy atom. The maximum Gasteiger partial charge on any atom is 0.313 e. The molecule has 0 aliphatic carbocycles. The summed E-state index contributed by atoms with van der Waals surface area (Å²) in [4.78, 5) is 21.6. The Labute approximate surface area is 106 Å². The quantitative estimate of drug-likeness (QED) is 0.875. The fourth-order valence-corrected chi connectivity index (χ4v) is 1.93. The molecule has 0 aliphatic rings. The van der Waals surface area contributed by atoms with Crippen LogP contribution < -0.4 is 5.32 Å². The van der Waals surface area contributed by atoms with E-state index < -0.39 is 5.97 Å². The van der Waals surface area contributed by atoms with E-state index in [-0.39, 0.29) is 17.4 Å². The zero-order chi connectivity index (χ0) is 12.0. The molecular formula is C10H10BrNO3S. The minimum atomic E-state index is -0.916. The predicted molar refractivity (Wildman–Crippen MR) is 67.7 cm³/mol. The molecule has 0 fully saturated rings. The number of halogens is 1. The molecule has 1 aromatic carbocycles. The summed E-state index contributed by atoms with van der Waals surface area (Å²) in [7, 11) is 0. The lowest BCUT2D eigenvalue weighted by Crippen LogP contribution is -2.15. The molecule has 0 spiro atoms. The van der Waals surface area contributed by atoms with E-state index in [2.05, 4.69) is 21.2 Å². The van der Waals surface area contributed by atoms with Gasteiger partial charge < -0.3 is 10.4 Å². The summed E-state index contributed by atoms with van der Waals surface area (Å²) in [6, 6.07) is 7.21. The first-order chi connectivity index (χ1) is 7.58. The van der Waals surface area contributed by atoms with Gasteiger partial charge >= 0.3 is 5.97 Å². The number of benzene rings is 1. The Bertz CT molecular complexity index is 397. The summed E-state index contributed by atoms with van der Waals surface area (Å²) < 4.78 is 0.878. The Balaban J connectivity index is 2.37. The number of aliphatic carboxylic acids is 1. The predicted octanol–water partition coefficient (Wildman–Crippen LogP) is 2.21. The molecular weight excluding hydrogens is 294 g/mol. The third-order valence-electron chi connectivity index (χ3n) is 1.57. The Kier molecular flexibility index (Phi) is 5.34. The average Bonchev–Trinajstić information content (AvgIpc) is 2.16. The fourth-order valence-electron chi connectivity index (χ4n) is 0.994. The average molecular weight is 304 g/mol. The number of hydrogen-bond donors (Lipinski definition) is 2. The van der Waals surface area contributed by atoms with Crippen LogP contribution in [0.2, 0.25) is 0 Å². The summed E-state index contributed by atoms with van der Waals surface area (Å²) in [6.07, 6.45) is 0. The van der Waals surface area contributed by atoms with Gasteiger partial charge in [-0.25, -0.2) is 0 Å². The second kappa shape index (κ2) is 6.55. The third-order valence-corrected chi connectivity index (χ3v) is 2.98. The largest absolute Gasteiger partial charge is 0.481 e. The number of carbonyl (C=O) groups excluding carboxylic acids is 1. The molecule has 0 radical (unpaired) electrons. The molecule has 86 valence electrons. The van der Waals surface area contributed by atoms with Gasteiger partial charge in [0.05, 0.1) is 11.5 Å². The minimum absolute atomic E-state index is 0.0636. The van der Waals surface area contributed by atoms with Gasteiger partial charge in [0.25, 0.3) is 0 Å². The summed E-state index contributed by atoms with van der Waals surface area (Å²) in [5.41, 5.74) is 0.690. The van der Waals surface area contributed by atoms with Gasteiger partial charge in [0.15, 0.2) is 0 Å². The third kappa shape index (κ3) is 5.18. The van der Waals surface area contributed by atoms with Crippen molar-refractivity contribution in [2.45, 2.75) is 0 Å². The molecule has 0 saturated carbocycles. The van der Waals surface area contributed by atoms with Gasteiger partial charge in [-0.1, -0.05) is 22.0 Å². The first-order valence-electron chi connectivity index (χ1n) is 4.43. The van der Waals surface area contributed by atoms with Gasteiger partial charge in [0.2, 0.25) is 5.91 Å². The minimum Gasteiger partial charge on any atom is -0.481 e. The monoisotopic (exact) mass is 303 g/mol. The Hall–Kier alpha value is -1.01. The molecule has 4 nitrogen and oxygen atoms in total. The van der Waals surface area contributed by atoms with Crippen molar-refractivity contribution >= 4 is 45.3 Å². The highest BCUT2D eigenvalue weighted by molar-refractivity contribution is 9.10. The molecule has 0 bridgehead atoms. The molecule has 0 unspecified atom stereocenters. The van der Waals surface area contributed by atoms with E-state index in [1.807, 2.05) is 12.1 Å². The molecule has 16 heavy (non-hydrogen) atoms. The molecule has 0 atom stereocenters. The van der Waals surface area contributed by atoms with Crippen molar-refractivity contribution in [1.82, 2.24) is 0 Å². The number of hydrogen-bond acceptors (Lipinski definition) is 3. The van der Waals surface area contributed by atoms with Crippen LogP contribution in [0.25, 0.3) is 0 Å². The van der Waals surface area contributed by atoms with Crippen molar-refractivity contribution in [3.05, 3.63) is 28.7 Å². The van der Waals surface area contributed by atoms with Crippen LogP contribution in [0.15, 0.2) is 28.7 Å². The molecule has 0 heterocycles. The Morgan fingerprint density at radius 2 is 2.12 bits per heavy atom. The van der Waals surface area contributed by atoms with Crippen LogP contribution in [-0.4, -0.2) is 28.5 Å². The standard InChI is InChI=1S/C10H10BrNO3S/c11-7-2-1-3-8(4-7)12-9(13)5-16-6-10(14)15/h1-4H,5-6H2,(H,12,13)(H,14,15). The molecule has 0 aliphatic heterocycles. The number of anilines is 1. The SMILES string of the molecule is O=C(O)CSCC(=O)Nc1cccc(Br)c1. The van der Waals surface area contributed by atoms with Gasteiger partial charge in [-0.05, 0) is 18.2 Å². The number of amides is 1. The maximum absolute atomic E-state index is 11.4. The van der Waals surface area contributed by atoms with Gasteiger partial charge in [-0.15, -0.1) is 11.8 Å². The molecule has 6 heteroatoms. The molecule has 1 aromatic rings. The topological polar surface area (TPSA) is 66.4 Å². The van der Waals surface area contributed by atoms with E-state index in [1.54, 1.807) is 12.1 Å². The lowest BCUT2D eigenvalue weighted by molar-refractivity contribution is -0.133. The number of carboxylic acids is 1. The van der Waals surface area contributed by atoms with Gasteiger partial charge in [0, 0.05) is 10.2 Å². The number of carboxylic acid groups (broad SMARTS) is 1. The Morgan fingerprint density at radius 3 is 2.75 bits per heavy atom. The van der Waals surface area contributed by atoms with E-state index in [4.69, 9.17) is 5.11 Å². The summed E-state index contributed by atoms with van der Waals surface area (Å²) >= 11 is 4.36. The number of carbonyl (C=O) groups is 2. The van der Waals surface area contributed by atoms with Crippen LogP contribution in [0, 0.1) is 0 Å². The van der Waals surface area contributed by atoms with Crippen LogP contribution in [0.4, 0.5) is 5.69 Å².